The number of nitrogen functional groups attached to an aromatic ring is 1. The summed E-state index contributed by atoms with van der Waals surface area (Å²) in [7, 11) is 1.28. The number of hydrogen-bond acceptors (Lipinski definition) is 4. The van der Waals surface area contributed by atoms with Gasteiger partial charge in [-0.25, -0.2) is 4.79 Å². The Labute approximate surface area is 112 Å². The highest BCUT2D eigenvalue weighted by atomic mass is 35.5. The number of ether oxygens (including phenoxy) is 1. The van der Waals surface area contributed by atoms with Gasteiger partial charge < -0.3 is 15.8 Å². The maximum absolute atomic E-state index is 11.6. The molecule has 0 spiro atoms. The first-order chi connectivity index (χ1) is 8.02. The van der Waals surface area contributed by atoms with Crippen LogP contribution < -0.4 is 11.1 Å². The summed E-state index contributed by atoms with van der Waals surface area (Å²) in [4.78, 5) is 22.7. The lowest BCUT2D eigenvalue weighted by Crippen LogP contribution is -2.39. The number of hydrogen-bond donors (Lipinski definition) is 2. The van der Waals surface area contributed by atoms with Crippen LogP contribution in [-0.2, 0) is 20.7 Å². The van der Waals surface area contributed by atoms with Crippen molar-refractivity contribution in [1.82, 2.24) is 5.32 Å². The van der Waals surface area contributed by atoms with E-state index in [-0.39, 0.29) is 24.7 Å². The maximum Gasteiger partial charge on any atom is 0.328 e. The van der Waals surface area contributed by atoms with Gasteiger partial charge in [0.25, 0.3) is 0 Å². The minimum absolute atomic E-state index is 0. The van der Waals surface area contributed by atoms with Crippen molar-refractivity contribution in [2.24, 2.45) is 0 Å². The molecule has 0 bridgehead atoms. The standard InChI is InChI=1S/C12H16N2O3.ClH/c1-8(12(16)17-2)14-11(15)7-9-3-5-10(13)6-4-9;/h3-6,8H,7,13H2,1-2H3,(H,14,15);1H/t8-;/m0./s1. The summed E-state index contributed by atoms with van der Waals surface area (Å²) >= 11 is 0. The van der Waals surface area contributed by atoms with E-state index in [1.165, 1.54) is 7.11 Å². The number of amides is 1. The van der Waals surface area contributed by atoms with Gasteiger partial charge in [-0.15, -0.1) is 12.4 Å². The first-order valence-electron chi connectivity index (χ1n) is 5.24. The summed E-state index contributed by atoms with van der Waals surface area (Å²) in [6.45, 7) is 1.58. The van der Waals surface area contributed by atoms with E-state index in [1.54, 1.807) is 31.2 Å². The van der Waals surface area contributed by atoms with Gasteiger partial charge in [-0.1, -0.05) is 12.1 Å². The van der Waals surface area contributed by atoms with E-state index in [1.807, 2.05) is 0 Å². The molecule has 0 aliphatic rings. The maximum atomic E-state index is 11.6. The average molecular weight is 273 g/mol. The summed E-state index contributed by atoms with van der Waals surface area (Å²) in [5.74, 6) is -0.691. The van der Waals surface area contributed by atoms with E-state index in [2.05, 4.69) is 10.1 Å². The second-order valence-electron chi connectivity index (χ2n) is 3.73. The van der Waals surface area contributed by atoms with Gasteiger partial charge in [0.05, 0.1) is 13.5 Å². The molecule has 3 N–H and O–H groups in total. The molecule has 0 radical (unpaired) electrons. The Kier molecular flexibility index (Phi) is 6.82. The van der Waals surface area contributed by atoms with Crippen LogP contribution in [0, 0.1) is 0 Å². The molecule has 0 saturated heterocycles. The van der Waals surface area contributed by atoms with Gasteiger partial charge in [0.15, 0.2) is 0 Å². The van der Waals surface area contributed by atoms with Gasteiger partial charge in [0.1, 0.15) is 6.04 Å². The van der Waals surface area contributed by atoms with E-state index in [0.29, 0.717) is 5.69 Å². The predicted molar refractivity (Wildman–Crippen MR) is 71.4 cm³/mol. The Balaban J connectivity index is 0.00000289. The molecule has 18 heavy (non-hydrogen) atoms. The molecule has 0 aliphatic heterocycles. The Morgan fingerprint density at radius 1 is 1.33 bits per heavy atom. The number of rotatable bonds is 4. The zero-order valence-electron chi connectivity index (χ0n) is 10.3. The molecule has 0 fully saturated rings. The third-order valence-electron chi connectivity index (χ3n) is 2.28. The van der Waals surface area contributed by atoms with Crippen molar-refractivity contribution in [2.45, 2.75) is 19.4 Å². The number of methoxy groups -OCH3 is 1. The lowest BCUT2D eigenvalue weighted by atomic mass is 10.1. The molecule has 0 aromatic heterocycles. The van der Waals surface area contributed by atoms with E-state index in [9.17, 15) is 9.59 Å². The van der Waals surface area contributed by atoms with Gasteiger partial charge in [0, 0.05) is 5.69 Å². The summed E-state index contributed by atoms with van der Waals surface area (Å²) < 4.78 is 4.51. The fraction of sp³-hybridized carbons (Fsp3) is 0.333. The highest BCUT2D eigenvalue weighted by Gasteiger charge is 2.15. The fourth-order valence-corrected chi connectivity index (χ4v) is 1.35. The van der Waals surface area contributed by atoms with Crippen molar-refractivity contribution in [3.05, 3.63) is 29.8 Å². The monoisotopic (exact) mass is 272 g/mol. The minimum atomic E-state index is -0.638. The zero-order valence-corrected chi connectivity index (χ0v) is 11.1. The van der Waals surface area contributed by atoms with E-state index >= 15 is 0 Å². The first-order valence-corrected chi connectivity index (χ1v) is 5.24. The van der Waals surface area contributed by atoms with Gasteiger partial charge in [0.2, 0.25) is 5.91 Å². The number of carbonyl (C=O) groups is 2. The molecule has 1 rings (SSSR count). The summed E-state index contributed by atoms with van der Waals surface area (Å²) in [6.07, 6.45) is 0.210. The third kappa shape index (κ3) is 5.05. The average Bonchev–Trinajstić information content (AvgIpc) is 2.30. The largest absolute Gasteiger partial charge is 0.467 e. The highest BCUT2D eigenvalue weighted by molar-refractivity contribution is 5.85. The van der Waals surface area contributed by atoms with Crippen LogP contribution in [0.1, 0.15) is 12.5 Å². The number of esters is 1. The van der Waals surface area contributed by atoms with Crippen molar-refractivity contribution in [2.75, 3.05) is 12.8 Å². The van der Waals surface area contributed by atoms with E-state index < -0.39 is 12.0 Å². The number of benzene rings is 1. The van der Waals surface area contributed by atoms with Crippen LogP contribution in [0.2, 0.25) is 0 Å². The Morgan fingerprint density at radius 2 is 1.89 bits per heavy atom. The lowest BCUT2D eigenvalue weighted by Gasteiger charge is -2.11. The van der Waals surface area contributed by atoms with Crippen LogP contribution >= 0.6 is 12.4 Å². The molecule has 0 unspecified atom stereocenters. The molecule has 0 heterocycles. The van der Waals surface area contributed by atoms with Gasteiger partial charge in [-0.05, 0) is 24.6 Å². The molecule has 1 aromatic carbocycles. The topological polar surface area (TPSA) is 81.4 Å². The predicted octanol–water partition coefficient (Wildman–Crippen LogP) is 0.911. The zero-order chi connectivity index (χ0) is 12.8. The number of nitrogens with one attached hydrogen (secondary N) is 1. The number of nitrogens with two attached hydrogens (primary N) is 1. The Hall–Kier alpha value is -1.75. The minimum Gasteiger partial charge on any atom is -0.467 e. The van der Waals surface area contributed by atoms with E-state index in [4.69, 9.17) is 5.73 Å². The third-order valence-corrected chi connectivity index (χ3v) is 2.28. The summed E-state index contributed by atoms with van der Waals surface area (Å²) in [5.41, 5.74) is 7.03. The number of halogens is 1. The Morgan fingerprint density at radius 3 is 2.39 bits per heavy atom. The molecule has 1 aromatic rings. The molecular formula is C12H17ClN2O3. The van der Waals surface area contributed by atoms with Crippen LogP contribution in [0.3, 0.4) is 0 Å². The lowest BCUT2D eigenvalue weighted by molar-refractivity contribution is -0.144. The van der Waals surface area contributed by atoms with Crippen LogP contribution in [0.25, 0.3) is 0 Å². The van der Waals surface area contributed by atoms with Crippen molar-refractivity contribution in [3.63, 3.8) is 0 Å². The summed E-state index contributed by atoms with van der Waals surface area (Å²) in [6, 6.07) is 6.37. The first kappa shape index (κ1) is 16.2. The second kappa shape index (κ2) is 7.55. The molecule has 100 valence electrons. The van der Waals surface area contributed by atoms with Gasteiger partial charge in [-0.3, -0.25) is 4.79 Å². The highest BCUT2D eigenvalue weighted by Crippen LogP contribution is 2.06. The van der Waals surface area contributed by atoms with Gasteiger partial charge >= 0.3 is 5.97 Å². The van der Waals surface area contributed by atoms with Crippen LogP contribution in [0.5, 0.6) is 0 Å². The molecule has 1 amide bonds. The smallest absolute Gasteiger partial charge is 0.328 e. The number of carbonyl (C=O) groups excluding carboxylic acids is 2. The van der Waals surface area contributed by atoms with Crippen LogP contribution in [0.4, 0.5) is 5.69 Å². The molecule has 6 heteroatoms. The van der Waals surface area contributed by atoms with Crippen molar-refractivity contribution < 1.29 is 14.3 Å². The number of anilines is 1. The van der Waals surface area contributed by atoms with Crippen LogP contribution in [-0.4, -0.2) is 25.0 Å². The molecule has 1 atom stereocenters. The van der Waals surface area contributed by atoms with E-state index in [0.717, 1.165) is 5.56 Å². The Bertz CT molecular complexity index is 406. The fourth-order valence-electron chi connectivity index (χ4n) is 1.35. The van der Waals surface area contributed by atoms with Crippen LogP contribution in [0.15, 0.2) is 24.3 Å². The molecule has 5 nitrogen and oxygen atoms in total. The van der Waals surface area contributed by atoms with Crippen molar-refractivity contribution >= 4 is 30.0 Å². The van der Waals surface area contributed by atoms with Gasteiger partial charge in [-0.2, -0.15) is 0 Å². The molecular weight excluding hydrogens is 256 g/mol. The van der Waals surface area contributed by atoms with Crippen molar-refractivity contribution in [3.8, 4) is 0 Å². The molecule has 0 saturated carbocycles. The summed E-state index contributed by atoms with van der Waals surface area (Å²) in [5, 5.41) is 2.55. The second-order valence-corrected chi connectivity index (χ2v) is 3.73. The SMILES string of the molecule is COC(=O)[C@H](C)NC(=O)Cc1ccc(N)cc1.Cl. The van der Waals surface area contributed by atoms with Crippen molar-refractivity contribution in [1.29, 1.82) is 0 Å². The quantitative estimate of drug-likeness (QED) is 0.631. The molecule has 0 aliphatic carbocycles. The normalized spacial score (nSPS) is 11.0.